The molecule has 0 saturated carbocycles. The van der Waals surface area contributed by atoms with E-state index in [9.17, 15) is 19.8 Å². The summed E-state index contributed by atoms with van der Waals surface area (Å²) in [6.07, 6.45) is -0.738. The molecule has 2 aromatic rings. The molecule has 7 heteroatoms. The first kappa shape index (κ1) is 17.0. The number of hydrogen-bond acceptors (Lipinski definition) is 6. The molecule has 0 bridgehead atoms. The fourth-order valence-corrected chi connectivity index (χ4v) is 2.30. The Balaban J connectivity index is 2.13. The van der Waals surface area contributed by atoms with Gasteiger partial charge in [0.25, 0.3) is 0 Å². The number of carbonyl (C=O) groups is 1. The number of phenolic OH excluding ortho intramolecular Hbond substituents is 1. The zero-order valence-corrected chi connectivity index (χ0v) is 12.7. The zero-order chi connectivity index (χ0) is 17.0. The van der Waals surface area contributed by atoms with E-state index in [-0.39, 0.29) is 31.0 Å². The third kappa shape index (κ3) is 4.08. The van der Waals surface area contributed by atoms with Crippen molar-refractivity contribution >= 4 is 16.9 Å². The highest BCUT2D eigenvalue weighted by Crippen LogP contribution is 2.23. The topological polar surface area (TPSA) is 120 Å². The van der Waals surface area contributed by atoms with Crippen LogP contribution in [-0.4, -0.2) is 40.5 Å². The fourth-order valence-electron chi connectivity index (χ4n) is 2.30. The molecular formula is C16H19NO6. The predicted octanol–water partition coefficient (Wildman–Crippen LogP) is 0.209. The zero-order valence-electron chi connectivity index (χ0n) is 12.7. The SMILES string of the molecule is Cc1c(CCC(=O)NCC(O)CO)c(=O)oc2cc(O)ccc12. The maximum atomic E-state index is 12.0. The average molecular weight is 321 g/mol. The Kier molecular flexibility index (Phi) is 5.36. The van der Waals surface area contributed by atoms with Crippen LogP contribution in [0.15, 0.2) is 27.4 Å². The highest BCUT2D eigenvalue weighted by atomic mass is 16.4. The summed E-state index contributed by atoms with van der Waals surface area (Å²) in [5, 5.41) is 30.4. The van der Waals surface area contributed by atoms with E-state index in [1.165, 1.54) is 12.1 Å². The van der Waals surface area contributed by atoms with Gasteiger partial charge in [-0.25, -0.2) is 4.79 Å². The number of aliphatic hydroxyl groups excluding tert-OH is 2. The highest BCUT2D eigenvalue weighted by Gasteiger charge is 2.14. The molecule has 0 saturated heterocycles. The molecule has 1 aromatic carbocycles. The van der Waals surface area contributed by atoms with E-state index in [0.29, 0.717) is 22.1 Å². The van der Waals surface area contributed by atoms with Crippen LogP contribution in [-0.2, 0) is 11.2 Å². The molecule has 0 spiro atoms. The van der Waals surface area contributed by atoms with Gasteiger partial charge in [0.15, 0.2) is 0 Å². The molecule has 0 fully saturated rings. The number of benzene rings is 1. The summed E-state index contributed by atoms with van der Waals surface area (Å²) >= 11 is 0. The molecule has 1 aromatic heterocycles. The molecule has 0 aliphatic carbocycles. The molecule has 4 N–H and O–H groups in total. The Hall–Kier alpha value is -2.38. The Labute approximate surface area is 132 Å². The average Bonchev–Trinajstić information content (AvgIpc) is 2.51. The van der Waals surface area contributed by atoms with E-state index in [1.807, 2.05) is 0 Å². The third-order valence-corrected chi connectivity index (χ3v) is 3.62. The van der Waals surface area contributed by atoms with E-state index < -0.39 is 18.3 Å². The molecule has 1 atom stereocenters. The molecule has 0 aliphatic rings. The normalized spacial score (nSPS) is 12.3. The van der Waals surface area contributed by atoms with Gasteiger partial charge in [-0.15, -0.1) is 0 Å². The number of carbonyl (C=O) groups excluding carboxylic acids is 1. The van der Waals surface area contributed by atoms with Gasteiger partial charge in [0.2, 0.25) is 5.91 Å². The van der Waals surface area contributed by atoms with Gasteiger partial charge in [0.05, 0.1) is 12.7 Å². The number of amides is 1. The Morgan fingerprint density at radius 1 is 1.39 bits per heavy atom. The van der Waals surface area contributed by atoms with Gasteiger partial charge in [-0.2, -0.15) is 0 Å². The molecule has 1 unspecified atom stereocenters. The Morgan fingerprint density at radius 2 is 2.13 bits per heavy atom. The van der Waals surface area contributed by atoms with Crippen molar-refractivity contribution in [2.45, 2.75) is 25.9 Å². The lowest BCUT2D eigenvalue weighted by Gasteiger charge is -2.10. The van der Waals surface area contributed by atoms with Gasteiger partial charge in [0.1, 0.15) is 11.3 Å². The number of rotatable bonds is 6. The van der Waals surface area contributed by atoms with Gasteiger partial charge in [-0.3, -0.25) is 4.79 Å². The molecule has 0 radical (unpaired) electrons. The predicted molar refractivity (Wildman–Crippen MR) is 83.3 cm³/mol. The van der Waals surface area contributed by atoms with Crippen LogP contribution in [0.5, 0.6) is 5.75 Å². The van der Waals surface area contributed by atoms with E-state index in [0.717, 1.165) is 0 Å². The summed E-state index contributed by atoms with van der Waals surface area (Å²) in [6.45, 7) is 1.29. The van der Waals surface area contributed by atoms with Crippen molar-refractivity contribution in [2.75, 3.05) is 13.2 Å². The smallest absolute Gasteiger partial charge is 0.339 e. The number of aromatic hydroxyl groups is 1. The van der Waals surface area contributed by atoms with E-state index in [1.54, 1.807) is 13.0 Å². The van der Waals surface area contributed by atoms with E-state index in [4.69, 9.17) is 9.52 Å². The van der Waals surface area contributed by atoms with Gasteiger partial charge in [-0.1, -0.05) is 0 Å². The van der Waals surface area contributed by atoms with E-state index >= 15 is 0 Å². The van der Waals surface area contributed by atoms with Crippen molar-refractivity contribution in [3.8, 4) is 5.75 Å². The van der Waals surface area contributed by atoms with Crippen LogP contribution in [0.2, 0.25) is 0 Å². The van der Waals surface area contributed by atoms with E-state index in [2.05, 4.69) is 5.32 Å². The second-order valence-electron chi connectivity index (χ2n) is 5.31. The van der Waals surface area contributed by atoms with Gasteiger partial charge >= 0.3 is 5.63 Å². The van der Waals surface area contributed by atoms with Crippen molar-refractivity contribution in [1.29, 1.82) is 0 Å². The van der Waals surface area contributed by atoms with Gasteiger partial charge in [0, 0.05) is 30.0 Å². The number of fused-ring (bicyclic) bond motifs is 1. The van der Waals surface area contributed by atoms with Crippen molar-refractivity contribution in [3.63, 3.8) is 0 Å². The van der Waals surface area contributed by atoms with Gasteiger partial charge in [-0.05, 0) is 31.0 Å². The minimum Gasteiger partial charge on any atom is -0.508 e. The maximum Gasteiger partial charge on any atom is 0.339 e. The minimum absolute atomic E-state index is 0.00891. The summed E-state index contributed by atoms with van der Waals surface area (Å²) in [5.41, 5.74) is 0.871. The lowest BCUT2D eigenvalue weighted by Crippen LogP contribution is -2.34. The summed E-state index contributed by atoms with van der Waals surface area (Å²) < 4.78 is 5.18. The molecule has 124 valence electrons. The van der Waals surface area contributed by atoms with Crippen molar-refractivity contribution < 1.29 is 24.5 Å². The number of aliphatic hydroxyl groups is 2. The van der Waals surface area contributed by atoms with Crippen molar-refractivity contribution in [2.24, 2.45) is 0 Å². The Morgan fingerprint density at radius 3 is 2.83 bits per heavy atom. The maximum absolute atomic E-state index is 12.0. The largest absolute Gasteiger partial charge is 0.508 e. The monoisotopic (exact) mass is 321 g/mol. The summed E-state index contributed by atoms with van der Waals surface area (Å²) in [4.78, 5) is 23.7. The van der Waals surface area contributed by atoms with Crippen LogP contribution < -0.4 is 10.9 Å². The molecule has 1 amide bonds. The molecule has 2 rings (SSSR count). The molecule has 1 heterocycles. The summed E-state index contributed by atoms with van der Waals surface area (Å²) in [5.74, 6) is -0.322. The number of aryl methyl sites for hydroxylation is 1. The van der Waals surface area contributed by atoms with Crippen molar-refractivity contribution in [3.05, 3.63) is 39.7 Å². The van der Waals surface area contributed by atoms with Crippen LogP contribution in [0.3, 0.4) is 0 Å². The third-order valence-electron chi connectivity index (χ3n) is 3.62. The quantitative estimate of drug-likeness (QED) is 0.565. The van der Waals surface area contributed by atoms with Crippen LogP contribution in [0.25, 0.3) is 11.0 Å². The van der Waals surface area contributed by atoms with Crippen LogP contribution in [0.4, 0.5) is 0 Å². The molecule has 7 nitrogen and oxygen atoms in total. The standard InChI is InChI=1S/C16H19NO6/c1-9-12-3-2-10(19)6-14(12)23-16(22)13(9)4-5-15(21)17-7-11(20)8-18/h2-3,6,11,18-20H,4-5,7-8H2,1H3,(H,17,21). The molecule has 23 heavy (non-hydrogen) atoms. The van der Waals surface area contributed by atoms with Crippen molar-refractivity contribution in [1.82, 2.24) is 5.32 Å². The minimum atomic E-state index is -1.00. The molecular weight excluding hydrogens is 302 g/mol. The lowest BCUT2D eigenvalue weighted by atomic mass is 10.0. The Bertz CT molecular complexity index is 767. The first-order chi connectivity index (χ1) is 10.9. The number of phenols is 1. The second kappa shape index (κ2) is 7.26. The van der Waals surface area contributed by atoms with Gasteiger partial charge < -0.3 is 25.1 Å². The first-order valence-corrected chi connectivity index (χ1v) is 7.23. The first-order valence-electron chi connectivity index (χ1n) is 7.23. The summed E-state index contributed by atoms with van der Waals surface area (Å²) in [6, 6.07) is 4.53. The van der Waals surface area contributed by atoms with Crippen LogP contribution in [0, 0.1) is 6.92 Å². The summed E-state index contributed by atoms with van der Waals surface area (Å²) in [7, 11) is 0. The highest BCUT2D eigenvalue weighted by molar-refractivity contribution is 5.82. The fraction of sp³-hybridized carbons (Fsp3) is 0.375. The van der Waals surface area contributed by atoms with Crippen LogP contribution in [0.1, 0.15) is 17.5 Å². The van der Waals surface area contributed by atoms with Crippen LogP contribution >= 0.6 is 0 Å². The molecule has 0 aliphatic heterocycles. The number of hydrogen-bond donors (Lipinski definition) is 4. The number of nitrogens with one attached hydrogen (secondary N) is 1. The lowest BCUT2D eigenvalue weighted by molar-refractivity contribution is -0.121. The second-order valence-corrected chi connectivity index (χ2v) is 5.31.